The highest BCUT2D eigenvalue weighted by Crippen LogP contribution is 2.33. The topological polar surface area (TPSA) is 108 Å². The van der Waals surface area contributed by atoms with Gasteiger partial charge in [-0.25, -0.2) is 9.37 Å². The maximum atomic E-state index is 14.2. The van der Waals surface area contributed by atoms with E-state index in [9.17, 15) is 9.50 Å². The number of nitrogens with zero attached hydrogens (tertiary/aromatic N) is 6. The van der Waals surface area contributed by atoms with Crippen LogP contribution in [0.4, 0.5) is 27.5 Å². The van der Waals surface area contributed by atoms with Crippen LogP contribution in [0.5, 0.6) is 5.75 Å². The number of halogens is 2. The number of rotatable bonds is 7. The number of nitrogens with one attached hydrogen (secondary N) is 1. The van der Waals surface area contributed by atoms with Crippen LogP contribution < -0.4 is 10.2 Å². The van der Waals surface area contributed by atoms with Gasteiger partial charge < -0.3 is 20.1 Å². The summed E-state index contributed by atoms with van der Waals surface area (Å²) >= 11 is 6.52. The van der Waals surface area contributed by atoms with E-state index in [-0.39, 0.29) is 24.1 Å². The Hall–Kier alpha value is -4.15. The molecule has 0 radical (unpaired) electrons. The summed E-state index contributed by atoms with van der Waals surface area (Å²) in [5.41, 5.74) is 4.97. The molecule has 3 heterocycles. The Morgan fingerprint density at radius 3 is 2.71 bits per heavy atom. The lowest BCUT2D eigenvalue weighted by molar-refractivity contribution is 0.122. The van der Waals surface area contributed by atoms with Crippen molar-refractivity contribution in [3.8, 4) is 16.9 Å². The van der Waals surface area contributed by atoms with Crippen molar-refractivity contribution in [2.45, 2.75) is 13.5 Å². The van der Waals surface area contributed by atoms with Crippen molar-refractivity contribution in [3.05, 3.63) is 83.0 Å². The number of phenols is 1. The minimum atomic E-state index is -0.499. The quantitative estimate of drug-likeness (QED) is 0.272. The fourth-order valence-electron chi connectivity index (χ4n) is 4.05. The summed E-state index contributed by atoms with van der Waals surface area (Å²) in [4.78, 5) is 14.4. The highest BCUT2D eigenvalue weighted by molar-refractivity contribution is 6.33. The van der Waals surface area contributed by atoms with Crippen LogP contribution in [0.2, 0.25) is 5.02 Å². The zero-order valence-electron chi connectivity index (χ0n) is 20.6. The minimum Gasteiger partial charge on any atom is -0.508 e. The van der Waals surface area contributed by atoms with Crippen LogP contribution in [0.25, 0.3) is 11.1 Å². The minimum absolute atomic E-state index is 0.0916. The van der Waals surface area contributed by atoms with Gasteiger partial charge in [0.2, 0.25) is 0 Å². The number of hydrogen-bond donors (Lipinski definition) is 2. The first-order valence-corrected chi connectivity index (χ1v) is 12.4. The summed E-state index contributed by atoms with van der Waals surface area (Å²) in [6.07, 6.45) is 2.83. The molecule has 1 saturated heterocycles. The molecule has 194 valence electrons. The van der Waals surface area contributed by atoms with Gasteiger partial charge in [0.05, 0.1) is 42.0 Å². The normalized spacial score (nSPS) is 13.7. The molecule has 1 aliphatic heterocycles. The molecule has 0 bridgehead atoms. The molecule has 9 nitrogen and oxygen atoms in total. The molecule has 2 aromatic heterocycles. The van der Waals surface area contributed by atoms with E-state index >= 15 is 0 Å². The highest BCUT2D eigenvalue weighted by atomic mass is 35.5. The zero-order chi connectivity index (χ0) is 26.5. The Kier molecular flexibility index (Phi) is 7.71. The first-order valence-electron chi connectivity index (χ1n) is 12.0. The first kappa shape index (κ1) is 25.5. The number of aromatic hydroxyl groups is 1. The van der Waals surface area contributed by atoms with Crippen LogP contribution in [0.1, 0.15) is 11.3 Å². The number of aryl methyl sites for hydroxylation is 1. The molecule has 0 atom stereocenters. The summed E-state index contributed by atoms with van der Waals surface area (Å²) in [6.45, 7) is 4.34. The monoisotopic (exact) mass is 533 g/mol. The van der Waals surface area contributed by atoms with Gasteiger partial charge in [-0.3, -0.25) is 4.98 Å². The van der Waals surface area contributed by atoms with Gasteiger partial charge in [-0.15, -0.1) is 5.11 Å². The molecule has 2 N–H and O–H groups in total. The Morgan fingerprint density at radius 2 is 1.95 bits per heavy atom. The number of azo groups is 1. The number of hydrogen-bond acceptors (Lipinski definition) is 9. The molecule has 11 heteroatoms. The molecule has 5 rings (SSSR count). The summed E-state index contributed by atoms with van der Waals surface area (Å²) in [5, 5.41) is 21.9. The molecule has 2 aromatic carbocycles. The van der Waals surface area contributed by atoms with E-state index in [1.54, 1.807) is 24.4 Å². The first-order chi connectivity index (χ1) is 18.5. The van der Waals surface area contributed by atoms with E-state index in [4.69, 9.17) is 16.3 Å². The van der Waals surface area contributed by atoms with E-state index in [2.05, 4.69) is 30.5 Å². The van der Waals surface area contributed by atoms with Crippen molar-refractivity contribution in [3.63, 3.8) is 0 Å². The second-order valence-electron chi connectivity index (χ2n) is 8.70. The average molecular weight is 534 g/mol. The van der Waals surface area contributed by atoms with Gasteiger partial charge in [0, 0.05) is 24.3 Å². The average Bonchev–Trinajstić information content (AvgIpc) is 2.92. The van der Waals surface area contributed by atoms with Crippen molar-refractivity contribution in [1.82, 2.24) is 15.0 Å². The summed E-state index contributed by atoms with van der Waals surface area (Å²) < 4.78 is 19.5. The maximum Gasteiger partial charge on any atom is 0.270 e. The molecule has 0 amide bonds. The highest BCUT2D eigenvalue weighted by Gasteiger charge is 2.17. The summed E-state index contributed by atoms with van der Waals surface area (Å²) in [5.74, 6) is -0.0165. The fraction of sp³-hybridized carbons (Fsp3) is 0.222. The van der Waals surface area contributed by atoms with E-state index < -0.39 is 5.82 Å². The molecular weight excluding hydrogens is 509 g/mol. The van der Waals surface area contributed by atoms with Crippen LogP contribution >= 0.6 is 11.6 Å². The van der Waals surface area contributed by atoms with Gasteiger partial charge in [-0.1, -0.05) is 29.8 Å². The lowest BCUT2D eigenvalue weighted by Gasteiger charge is -2.27. The van der Waals surface area contributed by atoms with Crippen LogP contribution in [0, 0.1) is 12.7 Å². The Labute approximate surface area is 224 Å². The van der Waals surface area contributed by atoms with Crippen LogP contribution in [0.15, 0.2) is 71.2 Å². The van der Waals surface area contributed by atoms with Gasteiger partial charge in [0.15, 0.2) is 11.6 Å². The molecule has 38 heavy (non-hydrogen) atoms. The van der Waals surface area contributed by atoms with E-state index in [1.807, 2.05) is 42.2 Å². The third kappa shape index (κ3) is 6.04. The summed E-state index contributed by atoms with van der Waals surface area (Å²) in [7, 11) is 0. The number of morpholine rings is 1. The number of benzene rings is 2. The molecule has 0 unspecified atom stereocenters. The van der Waals surface area contributed by atoms with Crippen LogP contribution in [-0.4, -0.2) is 46.4 Å². The van der Waals surface area contributed by atoms with Crippen molar-refractivity contribution >= 4 is 34.7 Å². The molecule has 0 spiro atoms. The van der Waals surface area contributed by atoms with Crippen molar-refractivity contribution in [2.75, 3.05) is 36.5 Å². The van der Waals surface area contributed by atoms with E-state index in [0.29, 0.717) is 37.0 Å². The Bertz CT molecular complexity index is 1480. The maximum absolute atomic E-state index is 14.2. The SMILES string of the molecule is Cc1cc(CN=Nc2ncc(F)c(N3CCOCC3)n2)ncc1Nc1ccc(-c2cccc(O)c2)c(Cl)c1. The van der Waals surface area contributed by atoms with Crippen molar-refractivity contribution in [2.24, 2.45) is 10.2 Å². The van der Waals surface area contributed by atoms with Gasteiger partial charge >= 0.3 is 0 Å². The largest absolute Gasteiger partial charge is 0.508 e. The summed E-state index contributed by atoms with van der Waals surface area (Å²) in [6, 6.07) is 14.5. The lowest BCUT2D eigenvalue weighted by Crippen LogP contribution is -2.37. The molecule has 0 aliphatic carbocycles. The Morgan fingerprint density at radius 1 is 1.11 bits per heavy atom. The predicted octanol–water partition coefficient (Wildman–Crippen LogP) is 6.21. The lowest BCUT2D eigenvalue weighted by atomic mass is 10.0. The van der Waals surface area contributed by atoms with Crippen LogP contribution in [-0.2, 0) is 11.3 Å². The molecular formula is C27H25ClFN7O2. The second-order valence-corrected chi connectivity index (χ2v) is 9.11. The molecule has 0 saturated carbocycles. The smallest absolute Gasteiger partial charge is 0.270 e. The molecule has 1 aliphatic rings. The number of pyridine rings is 1. The molecule has 4 aromatic rings. The van der Waals surface area contributed by atoms with E-state index in [0.717, 1.165) is 34.3 Å². The third-order valence-electron chi connectivity index (χ3n) is 5.99. The van der Waals surface area contributed by atoms with E-state index in [1.165, 1.54) is 0 Å². The second kappa shape index (κ2) is 11.5. The number of ether oxygens (including phenoxy) is 1. The predicted molar refractivity (Wildman–Crippen MR) is 144 cm³/mol. The molecule has 1 fully saturated rings. The zero-order valence-corrected chi connectivity index (χ0v) is 21.4. The van der Waals surface area contributed by atoms with Gasteiger partial charge in [0.25, 0.3) is 5.95 Å². The standard InChI is InChI=1S/C27H25ClFN7O2/c1-17-11-20(14-32-35-27-31-15-24(29)26(34-27)36-7-9-38-10-8-36)30-16-25(17)33-19-5-6-22(23(28)13-19)18-3-2-4-21(37)12-18/h2-6,11-13,15-16,33,37H,7-10,14H2,1H3. The number of aromatic nitrogens is 3. The van der Waals surface area contributed by atoms with Crippen LogP contribution in [0.3, 0.4) is 0 Å². The number of anilines is 3. The third-order valence-corrected chi connectivity index (χ3v) is 6.30. The Balaban J connectivity index is 1.24. The fourth-order valence-corrected chi connectivity index (χ4v) is 4.34. The van der Waals surface area contributed by atoms with Gasteiger partial charge in [0.1, 0.15) is 12.3 Å². The van der Waals surface area contributed by atoms with Crippen molar-refractivity contribution < 1.29 is 14.2 Å². The van der Waals surface area contributed by atoms with Gasteiger partial charge in [-0.05, 0) is 48.4 Å². The van der Waals surface area contributed by atoms with Crippen molar-refractivity contribution in [1.29, 1.82) is 0 Å². The number of phenolic OH excluding ortho intramolecular Hbond substituents is 1. The van der Waals surface area contributed by atoms with Gasteiger partial charge in [-0.2, -0.15) is 10.1 Å².